The lowest BCUT2D eigenvalue weighted by molar-refractivity contribution is -0.133. The molecule has 0 aliphatic heterocycles. The highest BCUT2D eigenvalue weighted by molar-refractivity contribution is 7.99. The van der Waals surface area contributed by atoms with Crippen LogP contribution in [0.2, 0.25) is 0 Å². The van der Waals surface area contributed by atoms with Gasteiger partial charge in [-0.3, -0.25) is 14.3 Å². The maximum atomic E-state index is 10.7. The molecule has 0 aliphatic carbocycles. The highest BCUT2D eigenvalue weighted by Gasteiger charge is 2.15. The summed E-state index contributed by atoms with van der Waals surface area (Å²) in [6.45, 7) is 2.20. The number of aryl methyl sites for hydroxylation is 1. The molecule has 7 nitrogen and oxygen atoms in total. The van der Waals surface area contributed by atoms with Gasteiger partial charge in [0.15, 0.2) is 11.0 Å². The minimum atomic E-state index is -0.924. The third kappa shape index (κ3) is 3.79. The van der Waals surface area contributed by atoms with Crippen molar-refractivity contribution >= 4 is 17.7 Å². The molecule has 112 valence electrons. The molecule has 21 heavy (non-hydrogen) atoms. The van der Waals surface area contributed by atoms with Crippen LogP contribution in [0.3, 0.4) is 0 Å². The summed E-state index contributed by atoms with van der Waals surface area (Å²) in [5, 5.41) is 26.4. The average Bonchev–Trinajstić information content (AvgIpc) is 2.87. The van der Waals surface area contributed by atoms with Crippen molar-refractivity contribution in [3.8, 4) is 0 Å². The van der Waals surface area contributed by atoms with Crippen LogP contribution in [-0.2, 0) is 24.4 Å². The van der Waals surface area contributed by atoms with E-state index < -0.39 is 5.97 Å². The third-order valence-corrected chi connectivity index (χ3v) is 3.88. The van der Waals surface area contributed by atoms with Gasteiger partial charge in [-0.25, -0.2) is 0 Å². The summed E-state index contributed by atoms with van der Waals surface area (Å²) in [6, 6.07) is 3.87. The number of nitrogens with zero attached hydrogens (tertiary/aromatic N) is 4. The van der Waals surface area contributed by atoms with Crippen LogP contribution in [0.4, 0.5) is 0 Å². The maximum absolute atomic E-state index is 10.7. The lowest BCUT2D eigenvalue weighted by Crippen LogP contribution is -2.10. The highest BCUT2D eigenvalue weighted by atomic mass is 32.2. The number of hydrogen-bond donors (Lipinski definition) is 2. The Morgan fingerprint density at radius 3 is 2.90 bits per heavy atom. The number of aliphatic hydroxyl groups excluding tert-OH is 1. The fourth-order valence-electron chi connectivity index (χ4n) is 1.91. The predicted octanol–water partition coefficient (Wildman–Crippen LogP) is 0.953. The Bertz CT molecular complexity index is 630. The number of carboxylic acids is 1. The van der Waals surface area contributed by atoms with Crippen LogP contribution in [0.15, 0.2) is 23.5 Å². The molecular formula is C13H16N4O3S. The summed E-state index contributed by atoms with van der Waals surface area (Å²) >= 11 is 1.07. The van der Waals surface area contributed by atoms with Gasteiger partial charge in [-0.1, -0.05) is 24.8 Å². The Balaban J connectivity index is 2.28. The Labute approximate surface area is 126 Å². The van der Waals surface area contributed by atoms with Gasteiger partial charge < -0.3 is 10.2 Å². The molecule has 0 fully saturated rings. The van der Waals surface area contributed by atoms with Crippen molar-refractivity contribution in [2.24, 2.45) is 0 Å². The Morgan fingerprint density at radius 2 is 2.24 bits per heavy atom. The normalized spacial score (nSPS) is 10.8. The fourth-order valence-corrected chi connectivity index (χ4v) is 2.59. The number of rotatable bonds is 7. The van der Waals surface area contributed by atoms with E-state index in [4.69, 9.17) is 5.11 Å². The van der Waals surface area contributed by atoms with Gasteiger partial charge in [0, 0.05) is 6.20 Å². The zero-order chi connectivity index (χ0) is 15.2. The van der Waals surface area contributed by atoms with E-state index in [0.29, 0.717) is 17.5 Å². The van der Waals surface area contributed by atoms with Crippen molar-refractivity contribution in [3.63, 3.8) is 0 Å². The summed E-state index contributed by atoms with van der Waals surface area (Å²) in [4.78, 5) is 15.0. The number of pyridine rings is 1. The van der Waals surface area contributed by atoms with Crippen LogP contribution < -0.4 is 0 Å². The maximum Gasteiger partial charge on any atom is 0.313 e. The lowest BCUT2D eigenvalue weighted by Gasteiger charge is -2.11. The summed E-state index contributed by atoms with van der Waals surface area (Å²) in [5.41, 5.74) is 1.97. The van der Waals surface area contributed by atoms with Crippen LogP contribution in [0, 0.1) is 0 Å². The van der Waals surface area contributed by atoms with Crippen molar-refractivity contribution in [1.82, 2.24) is 19.7 Å². The molecule has 0 saturated heterocycles. The second kappa shape index (κ2) is 7.19. The molecule has 0 amide bonds. The predicted molar refractivity (Wildman–Crippen MR) is 77.0 cm³/mol. The largest absolute Gasteiger partial charge is 0.481 e. The van der Waals surface area contributed by atoms with E-state index >= 15 is 0 Å². The Hall–Kier alpha value is -1.93. The number of carbonyl (C=O) groups is 1. The van der Waals surface area contributed by atoms with E-state index in [2.05, 4.69) is 15.2 Å². The standard InChI is InChI=1S/C13H16N4O3S/c1-2-9-4-3-5-14-10(9)6-17-11(7-18)15-16-13(17)21-8-12(19)20/h3-5,18H,2,6-8H2,1H3,(H,19,20). The van der Waals surface area contributed by atoms with E-state index in [-0.39, 0.29) is 12.4 Å². The Kier molecular flexibility index (Phi) is 5.29. The van der Waals surface area contributed by atoms with Crippen molar-refractivity contribution in [2.45, 2.75) is 31.7 Å². The number of aliphatic hydroxyl groups is 1. The topological polar surface area (TPSA) is 101 Å². The summed E-state index contributed by atoms with van der Waals surface area (Å²) in [5.74, 6) is -0.630. The number of thioether (sulfide) groups is 1. The first kappa shape index (κ1) is 15.5. The molecule has 8 heteroatoms. The average molecular weight is 308 g/mol. The molecular weight excluding hydrogens is 292 g/mol. The first-order valence-corrected chi connectivity index (χ1v) is 7.44. The first-order valence-electron chi connectivity index (χ1n) is 6.46. The van der Waals surface area contributed by atoms with Crippen LogP contribution in [0.1, 0.15) is 24.0 Å². The van der Waals surface area contributed by atoms with E-state index in [0.717, 1.165) is 29.4 Å². The number of aromatic nitrogens is 4. The van der Waals surface area contributed by atoms with Gasteiger partial charge in [0.1, 0.15) is 6.61 Å². The minimum Gasteiger partial charge on any atom is -0.481 e. The van der Waals surface area contributed by atoms with Crippen LogP contribution in [0.25, 0.3) is 0 Å². The molecule has 2 aromatic rings. The van der Waals surface area contributed by atoms with Crippen LogP contribution in [0.5, 0.6) is 0 Å². The number of carboxylic acid groups (broad SMARTS) is 1. The quantitative estimate of drug-likeness (QED) is 0.734. The molecule has 0 atom stereocenters. The van der Waals surface area contributed by atoms with Crippen molar-refractivity contribution < 1.29 is 15.0 Å². The monoisotopic (exact) mass is 308 g/mol. The molecule has 0 bridgehead atoms. The lowest BCUT2D eigenvalue weighted by atomic mass is 10.1. The molecule has 2 heterocycles. The first-order chi connectivity index (χ1) is 10.2. The van der Waals surface area contributed by atoms with Gasteiger partial charge in [-0.15, -0.1) is 10.2 Å². The summed E-state index contributed by atoms with van der Waals surface area (Å²) in [6.07, 6.45) is 2.55. The van der Waals surface area contributed by atoms with Gasteiger partial charge >= 0.3 is 5.97 Å². The molecule has 0 radical (unpaired) electrons. The zero-order valence-electron chi connectivity index (χ0n) is 11.6. The number of aliphatic carboxylic acids is 1. The molecule has 0 saturated carbocycles. The minimum absolute atomic E-state index is 0.105. The molecule has 2 rings (SSSR count). The fraction of sp³-hybridized carbons (Fsp3) is 0.385. The van der Waals surface area contributed by atoms with Gasteiger partial charge in [0.05, 0.1) is 18.0 Å². The third-order valence-electron chi connectivity index (χ3n) is 2.93. The smallest absolute Gasteiger partial charge is 0.313 e. The molecule has 0 spiro atoms. The van der Waals surface area contributed by atoms with Crippen LogP contribution >= 0.6 is 11.8 Å². The van der Waals surface area contributed by atoms with Gasteiger partial charge in [0.25, 0.3) is 0 Å². The second-order valence-corrected chi connectivity index (χ2v) is 5.23. The van der Waals surface area contributed by atoms with Crippen molar-refractivity contribution in [3.05, 3.63) is 35.4 Å². The van der Waals surface area contributed by atoms with Gasteiger partial charge in [-0.05, 0) is 18.1 Å². The Morgan fingerprint density at radius 1 is 1.43 bits per heavy atom. The van der Waals surface area contributed by atoms with Crippen molar-refractivity contribution in [2.75, 3.05) is 5.75 Å². The molecule has 2 aromatic heterocycles. The van der Waals surface area contributed by atoms with E-state index in [1.807, 2.05) is 19.1 Å². The second-order valence-electron chi connectivity index (χ2n) is 4.29. The van der Waals surface area contributed by atoms with Crippen molar-refractivity contribution in [1.29, 1.82) is 0 Å². The SMILES string of the molecule is CCc1cccnc1Cn1c(CO)nnc1SCC(=O)O. The van der Waals surface area contributed by atoms with Crippen LogP contribution in [-0.4, -0.2) is 41.7 Å². The molecule has 0 unspecified atom stereocenters. The molecule has 0 aromatic carbocycles. The summed E-state index contributed by atoms with van der Waals surface area (Å²) in [7, 11) is 0. The van der Waals surface area contributed by atoms with E-state index in [1.54, 1.807) is 10.8 Å². The molecule has 0 aliphatic rings. The highest BCUT2D eigenvalue weighted by Crippen LogP contribution is 2.19. The summed E-state index contributed by atoms with van der Waals surface area (Å²) < 4.78 is 1.70. The van der Waals surface area contributed by atoms with E-state index in [1.165, 1.54) is 0 Å². The molecule has 2 N–H and O–H groups in total. The van der Waals surface area contributed by atoms with Gasteiger partial charge in [0.2, 0.25) is 0 Å². The number of hydrogen-bond acceptors (Lipinski definition) is 6. The zero-order valence-corrected chi connectivity index (χ0v) is 12.4. The van der Waals surface area contributed by atoms with E-state index in [9.17, 15) is 9.90 Å². The van der Waals surface area contributed by atoms with Gasteiger partial charge in [-0.2, -0.15) is 0 Å².